The van der Waals surface area contributed by atoms with Gasteiger partial charge in [0.05, 0.1) is 4.90 Å². The van der Waals surface area contributed by atoms with Crippen LogP contribution in [0.25, 0.3) is 0 Å². The second-order valence-corrected chi connectivity index (χ2v) is 8.05. The summed E-state index contributed by atoms with van der Waals surface area (Å²) in [5.74, 6) is 0. The van der Waals surface area contributed by atoms with E-state index < -0.39 is 10.0 Å². The van der Waals surface area contributed by atoms with Gasteiger partial charge in [0.1, 0.15) is 0 Å². The predicted molar refractivity (Wildman–Crippen MR) is 83.7 cm³/mol. The third-order valence-corrected chi connectivity index (χ3v) is 6.07. The molecule has 118 valence electrons. The number of nitrogens with one attached hydrogen (secondary N) is 1. The molecule has 1 aliphatic rings. The molecule has 1 fully saturated rings. The van der Waals surface area contributed by atoms with Crippen molar-refractivity contribution in [3.63, 3.8) is 0 Å². The minimum Gasteiger partial charge on any atom is -0.396 e. The van der Waals surface area contributed by atoms with Gasteiger partial charge in [-0.05, 0) is 38.3 Å². The number of aryl methyl sites for hydroxylation is 2. The Bertz CT molecular complexity index is 590. The van der Waals surface area contributed by atoms with E-state index in [0.29, 0.717) is 11.4 Å². The Hall–Kier alpha value is -0.910. The van der Waals surface area contributed by atoms with Crippen LogP contribution in [0.5, 0.6) is 0 Å². The molecule has 21 heavy (non-hydrogen) atoms. The number of aliphatic hydroxyl groups is 1. The lowest BCUT2D eigenvalue weighted by Gasteiger charge is -2.35. The van der Waals surface area contributed by atoms with Crippen molar-refractivity contribution in [2.24, 2.45) is 5.41 Å². The van der Waals surface area contributed by atoms with Gasteiger partial charge >= 0.3 is 0 Å². The van der Waals surface area contributed by atoms with E-state index in [9.17, 15) is 13.5 Å². The van der Waals surface area contributed by atoms with Crippen LogP contribution in [0.1, 0.15) is 43.2 Å². The highest BCUT2D eigenvalue weighted by molar-refractivity contribution is 7.89. The lowest BCUT2D eigenvalue weighted by Crippen LogP contribution is -2.41. The van der Waals surface area contributed by atoms with E-state index in [1.54, 1.807) is 6.07 Å². The molecule has 0 bridgehead atoms. The van der Waals surface area contributed by atoms with Crippen LogP contribution in [0.4, 0.5) is 0 Å². The molecule has 2 rings (SSSR count). The minimum atomic E-state index is -3.52. The average molecular weight is 311 g/mol. The maximum absolute atomic E-state index is 12.5. The maximum Gasteiger partial charge on any atom is 0.240 e. The van der Waals surface area contributed by atoms with E-state index in [4.69, 9.17) is 0 Å². The largest absolute Gasteiger partial charge is 0.396 e. The van der Waals surface area contributed by atoms with Gasteiger partial charge in [-0.1, -0.05) is 37.0 Å². The highest BCUT2D eigenvalue weighted by atomic mass is 32.2. The van der Waals surface area contributed by atoms with Crippen molar-refractivity contribution >= 4 is 10.0 Å². The molecule has 4 nitrogen and oxygen atoms in total. The molecule has 0 amide bonds. The van der Waals surface area contributed by atoms with Crippen molar-refractivity contribution < 1.29 is 13.5 Å². The van der Waals surface area contributed by atoms with Crippen molar-refractivity contribution in [3.05, 3.63) is 29.3 Å². The van der Waals surface area contributed by atoms with Crippen LogP contribution in [0.2, 0.25) is 0 Å². The van der Waals surface area contributed by atoms with Gasteiger partial charge < -0.3 is 5.11 Å². The van der Waals surface area contributed by atoms with Gasteiger partial charge in [-0.15, -0.1) is 0 Å². The van der Waals surface area contributed by atoms with Crippen molar-refractivity contribution in [1.82, 2.24) is 4.72 Å². The Morgan fingerprint density at radius 2 is 1.86 bits per heavy atom. The lowest BCUT2D eigenvalue weighted by molar-refractivity contribution is 0.0867. The zero-order valence-corrected chi connectivity index (χ0v) is 13.7. The second-order valence-electron chi connectivity index (χ2n) is 6.31. The molecule has 0 unspecified atom stereocenters. The second kappa shape index (κ2) is 6.46. The van der Waals surface area contributed by atoms with Crippen molar-refractivity contribution in [2.45, 2.75) is 50.8 Å². The first-order valence-electron chi connectivity index (χ1n) is 7.56. The van der Waals surface area contributed by atoms with Gasteiger partial charge in [0.15, 0.2) is 0 Å². The maximum atomic E-state index is 12.5. The van der Waals surface area contributed by atoms with Crippen LogP contribution >= 0.6 is 0 Å². The smallest absolute Gasteiger partial charge is 0.240 e. The van der Waals surface area contributed by atoms with E-state index in [-0.39, 0.29) is 12.0 Å². The average Bonchev–Trinajstić information content (AvgIpc) is 2.46. The summed E-state index contributed by atoms with van der Waals surface area (Å²) >= 11 is 0. The molecule has 5 heteroatoms. The van der Waals surface area contributed by atoms with E-state index in [1.165, 1.54) is 6.42 Å². The molecule has 1 aromatic carbocycles. The summed E-state index contributed by atoms with van der Waals surface area (Å²) in [6.07, 6.45) is 5.07. The number of benzene rings is 1. The third kappa shape index (κ3) is 3.84. The Kier molecular flexibility index (Phi) is 5.07. The van der Waals surface area contributed by atoms with E-state index in [0.717, 1.165) is 36.8 Å². The first-order valence-corrected chi connectivity index (χ1v) is 9.05. The number of sulfonamides is 1. The fraction of sp³-hybridized carbons (Fsp3) is 0.625. The first kappa shape index (κ1) is 16.5. The Balaban J connectivity index is 2.13. The lowest BCUT2D eigenvalue weighted by atomic mass is 9.75. The molecular weight excluding hydrogens is 286 g/mol. The highest BCUT2D eigenvalue weighted by Crippen LogP contribution is 2.35. The topological polar surface area (TPSA) is 66.4 Å². The number of hydrogen-bond donors (Lipinski definition) is 2. The fourth-order valence-corrected chi connectivity index (χ4v) is 4.50. The minimum absolute atomic E-state index is 0.0440. The highest BCUT2D eigenvalue weighted by Gasteiger charge is 2.33. The summed E-state index contributed by atoms with van der Waals surface area (Å²) in [7, 11) is -3.52. The predicted octanol–water partition coefficient (Wildman–Crippen LogP) is 2.52. The van der Waals surface area contributed by atoms with Gasteiger partial charge in [-0.2, -0.15) is 0 Å². The molecule has 0 aromatic heterocycles. The van der Waals surface area contributed by atoms with Crippen LogP contribution < -0.4 is 4.72 Å². The zero-order valence-electron chi connectivity index (χ0n) is 12.9. The first-order chi connectivity index (χ1) is 9.88. The number of hydrogen-bond acceptors (Lipinski definition) is 3. The van der Waals surface area contributed by atoms with Gasteiger partial charge in [0.2, 0.25) is 10.0 Å². The molecule has 2 N–H and O–H groups in total. The van der Waals surface area contributed by atoms with Crippen molar-refractivity contribution in [3.8, 4) is 0 Å². The Labute approximate surface area is 127 Å². The van der Waals surface area contributed by atoms with Gasteiger partial charge in [-0.25, -0.2) is 13.1 Å². The molecule has 1 aromatic rings. The quantitative estimate of drug-likeness (QED) is 0.878. The molecule has 0 aliphatic heterocycles. The Morgan fingerprint density at radius 1 is 1.19 bits per heavy atom. The van der Waals surface area contributed by atoms with Crippen LogP contribution in [0.3, 0.4) is 0 Å². The van der Waals surface area contributed by atoms with Crippen LogP contribution in [0, 0.1) is 19.3 Å². The van der Waals surface area contributed by atoms with Crippen LogP contribution in [0.15, 0.2) is 23.1 Å². The molecular formula is C16H25NO3S. The number of rotatable bonds is 5. The van der Waals surface area contributed by atoms with Crippen LogP contribution in [-0.4, -0.2) is 26.7 Å². The molecule has 0 spiro atoms. The van der Waals surface area contributed by atoms with E-state index in [1.807, 2.05) is 26.0 Å². The normalized spacial score (nSPS) is 18.6. The van der Waals surface area contributed by atoms with Crippen LogP contribution in [-0.2, 0) is 10.0 Å². The zero-order chi connectivity index (χ0) is 15.5. The molecule has 0 radical (unpaired) electrons. The van der Waals surface area contributed by atoms with Gasteiger partial charge in [0, 0.05) is 18.6 Å². The monoisotopic (exact) mass is 311 g/mol. The van der Waals surface area contributed by atoms with Gasteiger partial charge in [-0.3, -0.25) is 0 Å². The molecule has 0 atom stereocenters. The summed E-state index contributed by atoms with van der Waals surface area (Å²) in [5.41, 5.74) is 1.51. The molecule has 1 saturated carbocycles. The summed E-state index contributed by atoms with van der Waals surface area (Å²) in [6.45, 7) is 4.12. The van der Waals surface area contributed by atoms with E-state index >= 15 is 0 Å². The summed E-state index contributed by atoms with van der Waals surface area (Å²) in [5, 5.41) is 9.67. The Morgan fingerprint density at radius 3 is 2.43 bits per heavy atom. The standard InChI is InChI=1S/C16H25NO3S/c1-13-6-7-15(14(2)10-13)21(19,20)17-11-16(12-18)8-4-3-5-9-16/h6-7,10,17-18H,3-5,8-9,11-12H2,1-2H3. The molecule has 0 heterocycles. The fourth-order valence-electron chi connectivity index (χ4n) is 3.12. The van der Waals surface area contributed by atoms with E-state index in [2.05, 4.69) is 4.72 Å². The summed E-state index contributed by atoms with van der Waals surface area (Å²) in [4.78, 5) is 0.331. The van der Waals surface area contributed by atoms with Crippen molar-refractivity contribution in [1.29, 1.82) is 0 Å². The summed E-state index contributed by atoms with van der Waals surface area (Å²) in [6, 6.07) is 5.33. The van der Waals surface area contributed by atoms with Crippen molar-refractivity contribution in [2.75, 3.05) is 13.2 Å². The number of aliphatic hydroxyl groups excluding tert-OH is 1. The molecule has 1 aliphatic carbocycles. The summed E-state index contributed by atoms with van der Waals surface area (Å²) < 4.78 is 27.7. The SMILES string of the molecule is Cc1ccc(S(=O)(=O)NCC2(CO)CCCCC2)c(C)c1. The molecule has 0 saturated heterocycles. The van der Waals surface area contributed by atoms with Gasteiger partial charge in [0.25, 0.3) is 0 Å². The third-order valence-electron chi connectivity index (χ3n) is 4.51.